The van der Waals surface area contributed by atoms with Gasteiger partial charge >= 0.3 is 5.97 Å². The number of aliphatic hydroxyl groups is 1. The Morgan fingerprint density at radius 3 is 2.67 bits per heavy atom. The molecule has 18 heavy (non-hydrogen) atoms. The minimum Gasteiger partial charge on any atom is -0.468 e. The summed E-state index contributed by atoms with van der Waals surface area (Å²) in [5.74, 6) is -0.144. The van der Waals surface area contributed by atoms with E-state index in [4.69, 9.17) is 4.74 Å². The second-order valence-corrected chi connectivity index (χ2v) is 5.79. The Kier molecular flexibility index (Phi) is 4.62. The quantitative estimate of drug-likeness (QED) is 0.780. The van der Waals surface area contributed by atoms with Crippen LogP contribution in [0.15, 0.2) is 0 Å². The van der Waals surface area contributed by atoms with Gasteiger partial charge in [-0.3, -0.25) is 9.69 Å². The topological polar surface area (TPSA) is 49.8 Å². The van der Waals surface area contributed by atoms with Gasteiger partial charge in [0.25, 0.3) is 0 Å². The van der Waals surface area contributed by atoms with Gasteiger partial charge in [0.1, 0.15) is 6.04 Å². The highest BCUT2D eigenvalue weighted by Gasteiger charge is 2.37. The third-order valence-electron chi connectivity index (χ3n) is 4.37. The molecule has 1 saturated heterocycles. The Labute approximate surface area is 109 Å². The standard InChI is InChI=1S/C14H25NO3/c1-18-13(16)12-7-3-6-10-15(12)11-14(17)8-4-2-5-9-14/h12,17H,2-11H2,1H3/t12-/m1/s1. The molecule has 0 aromatic rings. The average Bonchev–Trinajstić information content (AvgIpc) is 2.39. The number of ether oxygens (including phenoxy) is 1. The van der Waals surface area contributed by atoms with E-state index in [-0.39, 0.29) is 12.0 Å². The van der Waals surface area contributed by atoms with Crippen molar-refractivity contribution in [2.45, 2.75) is 63.0 Å². The maximum atomic E-state index is 11.8. The van der Waals surface area contributed by atoms with Gasteiger partial charge in [0.15, 0.2) is 0 Å². The van der Waals surface area contributed by atoms with Crippen LogP contribution in [0.2, 0.25) is 0 Å². The van der Waals surface area contributed by atoms with Crippen LogP contribution >= 0.6 is 0 Å². The molecule has 0 amide bonds. The lowest BCUT2D eigenvalue weighted by Crippen LogP contribution is -2.52. The largest absolute Gasteiger partial charge is 0.468 e. The molecular weight excluding hydrogens is 230 g/mol. The Balaban J connectivity index is 1.98. The number of carbonyl (C=O) groups excluding carboxylic acids is 1. The van der Waals surface area contributed by atoms with E-state index in [2.05, 4.69) is 4.90 Å². The van der Waals surface area contributed by atoms with E-state index >= 15 is 0 Å². The first-order valence-electron chi connectivity index (χ1n) is 7.19. The fourth-order valence-corrected chi connectivity index (χ4v) is 3.33. The summed E-state index contributed by atoms with van der Waals surface area (Å²) in [6.07, 6.45) is 8.24. The van der Waals surface area contributed by atoms with E-state index < -0.39 is 5.60 Å². The molecule has 2 rings (SSSR count). The maximum absolute atomic E-state index is 11.8. The molecule has 1 N–H and O–H groups in total. The van der Waals surface area contributed by atoms with Crippen molar-refractivity contribution < 1.29 is 14.6 Å². The van der Waals surface area contributed by atoms with E-state index in [1.165, 1.54) is 13.5 Å². The highest BCUT2D eigenvalue weighted by Crippen LogP contribution is 2.31. The van der Waals surface area contributed by atoms with Crippen LogP contribution < -0.4 is 0 Å². The Hall–Kier alpha value is -0.610. The van der Waals surface area contributed by atoms with Gasteiger partial charge in [-0.25, -0.2) is 0 Å². The van der Waals surface area contributed by atoms with Crippen molar-refractivity contribution in [1.29, 1.82) is 0 Å². The molecule has 0 spiro atoms. The van der Waals surface area contributed by atoms with Crippen LogP contribution in [0.1, 0.15) is 51.4 Å². The van der Waals surface area contributed by atoms with Crippen molar-refractivity contribution in [2.24, 2.45) is 0 Å². The minimum absolute atomic E-state index is 0.144. The number of rotatable bonds is 3. The van der Waals surface area contributed by atoms with Crippen molar-refractivity contribution in [1.82, 2.24) is 4.90 Å². The van der Waals surface area contributed by atoms with E-state index in [1.807, 2.05) is 0 Å². The number of β-amino-alcohol motifs (C(OH)–C–C–N with tert-alkyl or cyclic N) is 1. The lowest BCUT2D eigenvalue weighted by Gasteiger charge is -2.41. The van der Waals surface area contributed by atoms with Crippen molar-refractivity contribution in [3.8, 4) is 0 Å². The number of carbonyl (C=O) groups is 1. The first-order chi connectivity index (χ1) is 8.64. The van der Waals surface area contributed by atoms with Crippen LogP contribution in [0.25, 0.3) is 0 Å². The molecule has 4 heteroatoms. The SMILES string of the molecule is COC(=O)[C@H]1CCCCN1CC1(O)CCCCC1. The fraction of sp³-hybridized carbons (Fsp3) is 0.929. The van der Waals surface area contributed by atoms with Gasteiger partial charge in [0.2, 0.25) is 0 Å². The van der Waals surface area contributed by atoms with Crippen molar-refractivity contribution in [3.63, 3.8) is 0 Å². The Bertz CT molecular complexity index is 287. The molecule has 1 saturated carbocycles. The molecule has 2 aliphatic rings. The highest BCUT2D eigenvalue weighted by molar-refractivity contribution is 5.75. The summed E-state index contributed by atoms with van der Waals surface area (Å²) in [6, 6.07) is -0.144. The summed E-state index contributed by atoms with van der Waals surface area (Å²) in [7, 11) is 1.45. The van der Waals surface area contributed by atoms with Crippen LogP contribution in [0, 0.1) is 0 Å². The predicted octanol–water partition coefficient (Wildman–Crippen LogP) is 1.71. The minimum atomic E-state index is -0.581. The zero-order valence-electron chi connectivity index (χ0n) is 11.4. The zero-order chi connectivity index (χ0) is 13.0. The molecule has 0 aromatic heterocycles. The summed E-state index contributed by atoms with van der Waals surface area (Å²) in [5.41, 5.74) is -0.581. The Morgan fingerprint density at radius 1 is 1.28 bits per heavy atom. The number of nitrogens with zero attached hydrogens (tertiary/aromatic N) is 1. The van der Waals surface area contributed by atoms with Crippen molar-refractivity contribution >= 4 is 5.97 Å². The summed E-state index contributed by atoms with van der Waals surface area (Å²) in [5, 5.41) is 10.6. The molecule has 104 valence electrons. The van der Waals surface area contributed by atoms with Gasteiger partial charge in [-0.1, -0.05) is 25.7 Å². The van der Waals surface area contributed by atoms with E-state index in [1.54, 1.807) is 0 Å². The molecule has 1 heterocycles. The molecule has 2 fully saturated rings. The lowest BCUT2D eigenvalue weighted by atomic mass is 9.83. The monoisotopic (exact) mass is 255 g/mol. The molecule has 1 aliphatic heterocycles. The van der Waals surface area contributed by atoms with Crippen LogP contribution in [0.5, 0.6) is 0 Å². The van der Waals surface area contributed by atoms with Gasteiger partial charge in [0.05, 0.1) is 12.7 Å². The number of esters is 1. The smallest absolute Gasteiger partial charge is 0.323 e. The fourth-order valence-electron chi connectivity index (χ4n) is 3.33. The molecule has 0 aromatic carbocycles. The van der Waals surface area contributed by atoms with Gasteiger partial charge in [-0.2, -0.15) is 0 Å². The van der Waals surface area contributed by atoms with Crippen molar-refractivity contribution in [2.75, 3.05) is 20.2 Å². The molecule has 1 atom stereocenters. The number of piperidine rings is 1. The molecule has 4 nitrogen and oxygen atoms in total. The third-order valence-corrected chi connectivity index (χ3v) is 4.37. The first-order valence-corrected chi connectivity index (χ1v) is 7.19. The normalized spacial score (nSPS) is 28.9. The summed E-state index contributed by atoms with van der Waals surface area (Å²) >= 11 is 0. The van der Waals surface area contributed by atoms with Gasteiger partial charge < -0.3 is 9.84 Å². The summed E-state index contributed by atoms with van der Waals surface area (Å²) in [6.45, 7) is 1.54. The first kappa shape index (κ1) is 13.8. The van der Waals surface area contributed by atoms with Gasteiger partial charge in [0, 0.05) is 6.54 Å². The summed E-state index contributed by atoms with van der Waals surface area (Å²) < 4.78 is 4.88. The third kappa shape index (κ3) is 3.23. The molecule has 0 radical (unpaired) electrons. The average molecular weight is 255 g/mol. The molecule has 0 unspecified atom stereocenters. The van der Waals surface area contributed by atoms with E-state index in [9.17, 15) is 9.90 Å². The number of hydrogen-bond donors (Lipinski definition) is 1. The predicted molar refractivity (Wildman–Crippen MR) is 69.3 cm³/mol. The van der Waals surface area contributed by atoms with E-state index in [0.29, 0.717) is 6.54 Å². The lowest BCUT2D eigenvalue weighted by molar-refractivity contribution is -0.150. The molecule has 0 bridgehead atoms. The van der Waals surface area contributed by atoms with E-state index in [0.717, 1.165) is 51.5 Å². The van der Waals surface area contributed by atoms with Crippen LogP contribution in [-0.2, 0) is 9.53 Å². The number of methoxy groups -OCH3 is 1. The number of hydrogen-bond acceptors (Lipinski definition) is 4. The number of likely N-dealkylation sites (tertiary alicyclic amines) is 1. The van der Waals surface area contributed by atoms with Crippen molar-refractivity contribution in [3.05, 3.63) is 0 Å². The second-order valence-electron chi connectivity index (χ2n) is 5.79. The van der Waals surface area contributed by atoms with Crippen LogP contribution in [0.4, 0.5) is 0 Å². The van der Waals surface area contributed by atoms with Crippen LogP contribution in [0.3, 0.4) is 0 Å². The molecule has 1 aliphatic carbocycles. The van der Waals surface area contributed by atoms with Gasteiger partial charge in [-0.15, -0.1) is 0 Å². The zero-order valence-corrected chi connectivity index (χ0v) is 11.4. The van der Waals surface area contributed by atoms with Crippen LogP contribution in [-0.4, -0.2) is 47.8 Å². The second kappa shape index (κ2) is 6.02. The van der Waals surface area contributed by atoms with Gasteiger partial charge in [-0.05, 0) is 32.2 Å². The highest BCUT2D eigenvalue weighted by atomic mass is 16.5. The maximum Gasteiger partial charge on any atom is 0.323 e. The Morgan fingerprint density at radius 2 is 2.00 bits per heavy atom. The molecular formula is C14H25NO3. The summed E-state index contributed by atoms with van der Waals surface area (Å²) in [4.78, 5) is 13.9.